The number of nitrogens with one attached hydrogen (secondary N) is 1. The van der Waals surface area contributed by atoms with E-state index >= 15 is 0 Å². The molecule has 0 radical (unpaired) electrons. The zero-order valence-corrected chi connectivity index (χ0v) is 27.9. The van der Waals surface area contributed by atoms with E-state index in [4.69, 9.17) is 25.8 Å². The third-order valence-electron chi connectivity index (χ3n) is 8.48. The van der Waals surface area contributed by atoms with Crippen LogP contribution in [0.15, 0.2) is 41.3 Å². The number of likely N-dealkylation sites (tertiary alicyclic amines) is 1. The Hall–Kier alpha value is -3.18. The standard InChI is InChI=1S/C33H44ClN3O7S/c1-33(2,3)44-32(39)37-17-7-11-27(21-37)43-31(38)35-45(40,41)28-14-15-30-29(19-28)36(20-23-8-6-9-23)16-5-4-10-24-18-26(34)13-12-25(24)22-42-30/h12-15,18-19,23,27H,4-11,16-17,20-22H2,1-3H3,(H,35,38)/t27-/m0/s1. The summed E-state index contributed by atoms with van der Waals surface area (Å²) < 4.78 is 46.2. The lowest BCUT2D eigenvalue weighted by molar-refractivity contribution is -0.000281. The topological polar surface area (TPSA) is 114 Å². The molecule has 0 aromatic heterocycles. The zero-order valence-electron chi connectivity index (χ0n) is 26.3. The molecule has 2 heterocycles. The first kappa shape index (κ1) is 33.2. The number of benzene rings is 2. The monoisotopic (exact) mass is 661 g/mol. The molecule has 2 amide bonds. The molecule has 2 fully saturated rings. The van der Waals surface area contributed by atoms with Crippen LogP contribution in [0.5, 0.6) is 5.75 Å². The third-order valence-corrected chi connectivity index (χ3v) is 10.0. The van der Waals surface area contributed by atoms with Gasteiger partial charge in [-0.3, -0.25) is 0 Å². The average molecular weight is 662 g/mol. The maximum atomic E-state index is 13.5. The average Bonchev–Trinajstić information content (AvgIpc) is 2.97. The molecular formula is C33H44ClN3O7S. The molecule has 0 spiro atoms. The number of halogens is 1. The van der Waals surface area contributed by atoms with Crippen molar-refractivity contribution in [2.45, 2.75) is 95.3 Å². The van der Waals surface area contributed by atoms with Crippen LogP contribution < -0.4 is 14.4 Å². The van der Waals surface area contributed by atoms with Crippen LogP contribution in [0.4, 0.5) is 15.3 Å². The molecule has 12 heteroatoms. The highest BCUT2D eigenvalue weighted by atomic mass is 35.5. The van der Waals surface area contributed by atoms with Gasteiger partial charge in [0, 0.05) is 24.7 Å². The van der Waals surface area contributed by atoms with Gasteiger partial charge in [-0.1, -0.05) is 24.1 Å². The molecule has 5 rings (SSSR count). The lowest BCUT2D eigenvalue weighted by atomic mass is 9.85. The van der Waals surface area contributed by atoms with Gasteiger partial charge in [0.05, 0.1) is 17.1 Å². The second kappa shape index (κ2) is 14.1. The Labute approximate surface area is 271 Å². The summed E-state index contributed by atoms with van der Waals surface area (Å²) in [6, 6.07) is 10.5. The fourth-order valence-electron chi connectivity index (χ4n) is 5.94. The van der Waals surface area contributed by atoms with Gasteiger partial charge >= 0.3 is 12.2 Å². The summed E-state index contributed by atoms with van der Waals surface area (Å²) in [6.45, 7) is 7.83. The molecule has 2 aliphatic heterocycles. The molecule has 2 aromatic carbocycles. The van der Waals surface area contributed by atoms with Crippen LogP contribution in [-0.2, 0) is 32.5 Å². The lowest BCUT2D eigenvalue weighted by Gasteiger charge is -2.35. The first-order chi connectivity index (χ1) is 21.4. The number of amides is 2. The van der Waals surface area contributed by atoms with Crippen molar-refractivity contribution < 1.29 is 32.2 Å². The summed E-state index contributed by atoms with van der Waals surface area (Å²) in [7, 11) is -4.27. The summed E-state index contributed by atoms with van der Waals surface area (Å²) >= 11 is 6.28. The van der Waals surface area contributed by atoms with Crippen LogP contribution in [-0.4, -0.2) is 63.4 Å². The molecule has 1 saturated heterocycles. The fraction of sp³-hybridized carbons (Fsp3) is 0.576. The largest absolute Gasteiger partial charge is 0.487 e. The van der Waals surface area contributed by atoms with Crippen LogP contribution in [0, 0.1) is 5.92 Å². The normalized spacial score (nSPS) is 19.6. The van der Waals surface area contributed by atoms with Crippen molar-refractivity contribution in [3.05, 3.63) is 52.5 Å². The van der Waals surface area contributed by atoms with Crippen molar-refractivity contribution in [1.29, 1.82) is 0 Å². The number of nitrogens with zero attached hydrogens (tertiary/aromatic N) is 2. The second-order valence-electron chi connectivity index (χ2n) is 13.2. The van der Waals surface area contributed by atoms with Crippen molar-refractivity contribution in [1.82, 2.24) is 9.62 Å². The zero-order chi connectivity index (χ0) is 32.2. The van der Waals surface area contributed by atoms with E-state index in [1.807, 2.05) is 18.2 Å². The predicted molar refractivity (Wildman–Crippen MR) is 172 cm³/mol. The second-order valence-corrected chi connectivity index (χ2v) is 15.4. The highest BCUT2D eigenvalue weighted by Crippen LogP contribution is 2.36. The third kappa shape index (κ3) is 8.97. The van der Waals surface area contributed by atoms with Crippen LogP contribution in [0.25, 0.3) is 0 Å². The number of hydrogen-bond acceptors (Lipinski definition) is 8. The van der Waals surface area contributed by atoms with E-state index in [-0.39, 0.29) is 11.4 Å². The fourth-order valence-corrected chi connectivity index (χ4v) is 7.04. The van der Waals surface area contributed by atoms with E-state index in [9.17, 15) is 18.0 Å². The Morgan fingerprint density at radius 3 is 2.53 bits per heavy atom. The number of carbonyl (C=O) groups excluding carboxylic acids is 2. The van der Waals surface area contributed by atoms with Gasteiger partial charge in [-0.2, -0.15) is 0 Å². The van der Waals surface area contributed by atoms with Crippen LogP contribution >= 0.6 is 11.6 Å². The molecule has 1 N–H and O–H groups in total. The van der Waals surface area contributed by atoms with Crippen molar-refractivity contribution in [2.75, 3.05) is 31.1 Å². The van der Waals surface area contributed by atoms with Crippen LogP contribution in [0.2, 0.25) is 5.02 Å². The van der Waals surface area contributed by atoms with Gasteiger partial charge in [0.1, 0.15) is 24.1 Å². The van der Waals surface area contributed by atoms with Gasteiger partial charge in [-0.15, -0.1) is 0 Å². The van der Waals surface area contributed by atoms with Gasteiger partial charge in [-0.05, 0) is 113 Å². The number of rotatable bonds is 5. The van der Waals surface area contributed by atoms with Crippen molar-refractivity contribution in [2.24, 2.45) is 5.92 Å². The van der Waals surface area contributed by atoms with E-state index in [0.29, 0.717) is 48.4 Å². The molecule has 0 bridgehead atoms. The maximum Gasteiger partial charge on any atom is 0.421 e. The summed E-state index contributed by atoms with van der Waals surface area (Å²) in [6.07, 6.45) is 5.14. The highest BCUT2D eigenvalue weighted by molar-refractivity contribution is 7.90. The van der Waals surface area contributed by atoms with E-state index in [1.165, 1.54) is 17.4 Å². The smallest absolute Gasteiger partial charge is 0.421 e. The Kier molecular flexibility index (Phi) is 10.4. The summed E-state index contributed by atoms with van der Waals surface area (Å²) in [5.41, 5.74) is 2.24. The first-order valence-electron chi connectivity index (χ1n) is 15.9. The quantitative estimate of drug-likeness (QED) is 0.378. The molecule has 1 atom stereocenters. The molecule has 1 aliphatic carbocycles. The van der Waals surface area contributed by atoms with Crippen LogP contribution in [0.1, 0.15) is 76.8 Å². The minimum Gasteiger partial charge on any atom is -0.487 e. The Bertz CT molecular complexity index is 1490. The van der Waals surface area contributed by atoms with E-state index < -0.39 is 33.9 Å². The number of anilines is 1. The summed E-state index contributed by atoms with van der Waals surface area (Å²) in [5.74, 6) is 1.13. The minimum atomic E-state index is -4.27. The van der Waals surface area contributed by atoms with Gasteiger partial charge in [-0.25, -0.2) is 22.7 Å². The minimum absolute atomic E-state index is 0.0542. The Balaban J connectivity index is 1.32. The lowest BCUT2D eigenvalue weighted by Crippen LogP contribution is -2.47. The number of piperidine rings is 1. The van der Waals surface area contributed by atoms with Crippen LogP contribution in [0.3, 0.4) is 0 Å². The SMILES string of the molecule is CC(C)(C)OC(=O)N1CCC[C@H](OC(=O)NS(=O)(=O)c2ccc3c(c2)N(CC2CCC2)CCCCc2cc(Cl)ccc2CO3)C1. The van der Waals surface area contributed by atoms with E-state index in [2.05, 4.69) is 9.62 Å². The highest BCUT2D eigenvalue weighted by Gasteiger charge is 2.31. The molecular weight excluding hydrogens is 618 g/mol. The molecule has 1 saturated carbocycles. The summed E-state index contributed by atoms with van der Waals surface area (Å²) in [5, 5.41) is 0.695. The van der Waals surface area contributed by atoms with Gasteiger partial charge < -0.3 is 24.0 Å². The number of aryl methyl sites for hydroxylation is 1. The molecule has 3 aliphatic rings. The number of hydrogen-bond donors (Lipinski definition) is 1. The number of sulfonamides is 1. The van der Waals surface area contributed by atoms with E-state index in [0.717, 1.165) is 56.3 Å². The Morgan fingerprint density at radius 1 is 1.00 bits per heavy atom. The van der Waals surface area contributed by atoms with E-state index in [1.54, 1.807) is 32.9 Å². The molecule has 0 unspecified atom stereocenters. The van der Waals surface area contributed by atoms with Gasteiger partial charge in [0.2, 0.25) is 0 Å². The molecule has 2 aromatic rings. The van der Waals surface area contributed by atoms with Gasteiger partial charge in [0.25, 0.3) is 10.0 Å². The maximum absolute atomic E-state index is 13.5. The molecule has 45 heavy (non-hydrogen) atoms. The predicted octanol–water partition coefficient (Wildman–Crippen LogP) is 6.68. The van der Waals surface area contributed by atoms with Gasteiger partial charge in [0.15, 0.2) is 0 Å². The van der Waals surface area contributed by atoms with Crippen molar-refractivity contribution in [3.8, 4) is 5.75 Å². The summed E-state index contributed by atoms with van der Waals surface area (Å²) in [4.78, 5) is 29.0. The van der Waals surface area contributed by atoms with Crippen molar-refractivity contribution in [3.63, 3.8) is 0 Å². The first-order valence-corrected chi connectivity index (χ1v) is 17.7. The number of fused-ring (bicyclic) bond motifs is 2. The van der Waals surface area contributed by atoms with Crippen molar-refractivity contribution >= 4 is 39.5 Å². The number of carbonyl (C=O) groups is 2. The molecule has 10 nitrogen and oxygen atoms in total. The molecule has 246 valence electrons. The number of ether oxygens (including phenoxy) is 3. The Morgan fingerprint density at radius 2 is 1.80 bits per heavy atom.